The Hall–Kier alpha value is -3.52. The van der Waals surface area contributed by atoms with Crippen molar-refractivity contribution in [2.24, 2.45) is 5.10 Å². The topological polar surface area (TPSA) is 132 Å². The molecule has 0 radical (unpaired) electrons. The summed E-state index contributed by atoms with van der Waals surface area (Å²) in [6.45, 7) is 0. The van der Waals surface area contributed by atoms with Crippen LogP contribution in [0.15, 0.2) is 50.9 Å². The van der Waals surface area contributed by atoms with E-state index >= 15 is 0 Å². The Labute approximate surface area is 150 Å². The van der Waals surface area contributed by atoms with E-state index in [-0.39, 0.29) is 21.9 Å². The van der Waals surface area contributed by atoms with Crippen molar-refractivity contribution in [2.75, 3.05) is 0 Å². The number of benzene rings is 2. The maximum atomic E-state index is 12.3. The predicted molar refractivity (Wildman–Crippen MR) is 94.0 cm³/mol. The van der Waals surface area contributed by atoms with E-state index in [1.165, 1.54) is 12.3 Å². The maximum absolute atomic E-state index is 12.3. The number of fused-ring (bicyclic) bond motifs is 1. The second-order valence-electron chi connectivity index (χ2n) is 5.22. The van der Waals surface area contributed by atoms with Gasteiger partial charge in [-0.05, 0) is 30.3 Å². The van der Waals surface area contributed by atoms with Crippen LogP contribution in [0.2, 0.25) is 5.02 Å². The van der Waals surface area contributed by atoms with Crippen LogP contribution < -0.4 is 10.9 Å². The molecule has 0 aliphatic carbocycles. The fourth-order valence-corrected chi connectivity index (χ4v) is 2.34. The highest BCUT2D eigenvalue weighted by Crippen LogP contribution is 2.35. The fraction of sp³-hybridized carbons (Fsp3) is 0. The molecule has 3 aromatic rings. The molecule has 26 heavy (non-hydrogen) atoms. The molecular weight excluding hydrogens is 364 g/mol. The van der Waals surface area contributed by atoms with Gasteiger partial charge in [0.05, 0.1) is 17.2 Å². The molecule has 0 spiro atoms. The van der Waals surface area contributed by atoms with E-state index in [9.17, 15) is 24.9 Å². The number of aromatic hydroxyl groups is 3. The Balaban J connectivity index is 1.83. The number of nitrogens with zero attached hydrogens (tertiary/aromatic N) is 1. The molecule has 0 atom stereocenters. The molecule has 0 unspecified atom stereocenters. The molecule has 0 saturated carbocycles. The standard InChI is InChI=1S/C17H11ClN2O6/c18-10-1-2-14-11(5-10)15(23)9(7-26-14)6-19-20-17(25)8-3-12(21)16(24)13(22)4-8/h1-7,21-22,24H,(H,20,25)/b19-6+. The third-order valence-corrected chi connectivity index (χ3v) is 3.70. The average Bonchev–Trinajstić information content (AvgIpc) is 2.61. The summed E-state index contributed by atoms with van der Waals surface area (Å²) in [4.78, 5) is 24.3. The number of rotatable bonds is 3. The minimum atomic E-state index is -0.778. The van der Waals surface area contributed by atoms with Gasteiger partial charge in [-0.3, -0.25) is 9.59 Å². The van der Waals surface area contributed by atoms with Crippen molar-refractivity contribution in [3.8, 4) is 17.2 Å². The number of hydrogen-bond donors (Lipinski definition) is 4. The van der Waals surface area contributed by atoms with Crippen LogP contribution in [0, 0.1) is 0 Å². The Morgan fingerprint density at radius 2 is 1.85 bits per heavy atom. The summed E-state index contributed by atoms with van der Waals surface area (Å²) in [5, 5.41) is 32.3. The molecule has 132 valence electrons. The molecule has 0 fully saturated rings. The molecule has 1 aromatic heterocycles. The zero-order valence-corrected chi connectivity index (χ0v) is 13.7. The second-order valence-corrected chi connectivity index (χ2v) is 5.66. The Kier molecular flexibility index (Phi) is 4.51. The summed E-state index contributed by atoms with van der Waals surface area (Å²) in [5.41, 5.74) is 2.04. The molecule has 2 aromatic carbocycles. The van der Waals surface area contributed by atoms with E-state index in [4.69, 9.17) is 16.0 Å². The zero-order valence-electron chi connectivity index (χ0n) is 12.9. The van der Waals surface area contributed by atoms with Crippen molar-refractivity contribution in [2.45, 2.75) is 0 Å². The quantitative estimate of drug-likeness (QED) is 0.316. The average molecular weight is 375 g/mol. The number of carbonyl (C=O) groups is 1. The van der Waals surface area contributed by atoms with Gasteiger partial charge in [0.1, 0.15) is 11.8 Å². The van der Waals surface area contributed by atoms with Crippen LogP contribution >= 0.6 is 11.6 Å². The molecule has 1 heterocycles. The summed E-state index contributed by atoms with van der Waals surface area (Å²) in [6.07, 6.45) is 2.27. The molecule has 4 N–H and O–H groups in total. The third-order valence-electron chi connectivity index (χ3n) is 3.46. The number of phenolic OH excluding ortho intramolecular Hbond substituents is 3. The monoisotopic (exact) mass is 374 g/mol. The highest BCUT2D eigenvalue weighted by Gasteiger charge is 2.13. The first kappa shape index (κ1) is 17.3. The Morgan fingerprint density at radius 1 is 1.15 bits per heavy atom. The zero-order chi connectivity index (χ0) is 18.8. The molecule has 3 rings (SSSR count). The van der Waals surface area contributed by atoms with Gasteiger partial charge in [-0.15, -0.1) is 0 Å². The van der Waals surface area contributed by atoms with Gasteiger partial charge in [0.15, 0.2) is 17.2 Å². The van der Waals surface area contributed by atoms with Gasteiger partial charge < -0.3 is 19.7 Å². The van der Waals surface area contributed by atoms with E-state index in [0.29, 0.717) is 10.6 Å². The van der Waals surface area contributed by atoms with E-state index in [1.54, 1.807) is 12.1 Å². The number of hydrazone groups is 1. The highest BCUT2D eigenvalue weighted by atomic mass is 35.5. The van der Waals surface area contributed by atoms with Gasteiger partial charge in [-0.1, -0.05) is 11.6 Å². The largest absolute Gasteiger partial charge is 0.504 e. The van der Waals surface area contributed by atoms with Crippen LogP contribution in [-0.4, -0.2) is 27.4 Å². The van der Waals surface area contributed by atoms with Crippen LogP contribution in [-0.2, 0) is 0 Å². The lowest BCUT2D eigenvalue weighted by Crippen LogP contribution is -2.18. The van der Waals surface area contributed by atoms with Crippen LogP contribution in [0.3, 0.4) is 0 Å². The molecule has 9 heteroatoms. The van der Waals surface area contributed by atoms with E-state index in [0.717, 1.165) is 18.3 Å². The normalized spacial score (nSPS) is 11.1. The van der Waals surface area contributed by atoms with Crippen molar-refractivity contribution in [1.29, 1.82) is 0 Å². The van der Waals surface area contributed by atoms with E-state index in [1.807, 2.05) is 0 Å². The van der Waals surface area contributed by atoms with Crippen molar-refractivity contribution in [1.82, 2.24) is 5.43 Å². The van der Waals surface area contributed by atoms with E-state index < -0.39 is 23.2 Å². The molecule has 8 nitrogen and oxygen atoms in total. The number of hydrogen-bond acceptors (Lipinski definition) is 7. The number of halogens is 1. The Bertz CT molecular complexity index is 1080. The number of carbonyl (C=O) groups excluding carboxylic acids is 1. The molecule has 1 amide bonds. The highest BCUT2D eigenvalue weighted by molar-refractivity contribution is 6.31. The number of nitrogens with one attached hydrogen (secondary N) is 1. The molecular formula is C17H11ClN2O6. The third kappa shape index (κ3) is 3.31. The summed E-state index contributed by atoms with van der Waals surface area (Å²) in [6, 6.07) is 6.51. The van der Waals surface area contributed by atoms with Gasteiger partial charge in [0.25, 0.3) is 5.91 Å². The smallest absolute Gasteiger partial charge is 0.271 e. The second kappa shape index (κ2) is 6.77. The lowest BCUT2D eigenvalue weighted by molar-refractivity contribution is 0.0954. The number of phenols is 3. The van der Waals surface area contributed by atoms with Crippen LogP contribution in [0.25, 0.3) is 11.0 Å². The van der Waals surface area contributed by atoms with Gasteiger partial charge >= 0.3 is 0 Å². The van der Waals surface area contributed by atoms with Gasteiger partial charge in [0, 0.05) is 10.6 Å². The van der Waals surface area contributed by atoms with Crippen molar-refractivity contribution in [3.05, 3.63) is 63.0 Å². The summed E-state index contributed by atoms with van der Waals surface area (Å²) in [7, 11) is 0. The summed E-state index contributed by atoms with van der Waals surface area (Å²) in [5.74, 6) is -2.84. The van der Waals surface area contributed by atoms with E-state index in [2.05, 4.69) is 10.5 Å². The van der Waals surface area contributed by atoms with Gasteiger partial charge in [-0.25, -0.2) is 5.43 Å². The van der Waals surface area contributed by atoms with Crippen LogP contribution in [0.4, 0.5) is 0 Å². The molecule has 0 saturated heterocycles. The lowest BCUT2D eigenvalue weighted by Gasteiger charge is -2.04. The van der Waals surface area contributed by atoms with Crippen LogP contribution in [0.5, 0.6) is 17.2 Å². The first-order chi connectivity index (χ1) is 12.4. The number of amides is 1. The van der Waals surface area contributed by atoms with Crippen molar-refractivity contribution in [3.63, 3.8) is 0 Å². The predicted octanol–water partition coefficient (Wildman–Crippen LogP) is 2.33. The first-order valence-electron chi connectivity index (χ1n) is 7.16. The van der Waals surface area contributed by atoms with Crippen molar-refractivity contribution >= 4 is 34.7 Å². The van der Waals surface area contributed by atoms with Gasteiger partial charge in [0.2, 0.25) is 5.43 Å². The lowest BCUT2D eigenvalue weighted by atomic mass is 10.2. The fourth-order valence-electron chi connectivity index (χ4n) is 2.17. The summed E-state index contributed by atoms with van der Waals surface area (Å²) < 4.78 is 5.31. The van der Waals surface area contributed by atoms with Gasteiger partial charge in [-0.2, -0.15) is 5.10 Å². The molecule has 0 aliphatic heterocycles. The minimum Gasteiger partial charge on any atom is -0.504 e. The molecule has 0 aliphatic rings. The minimum absolute atomic E-state index is 0.0801. The SMILES string of the molecule is O=C(N/N=C/c1coc2ccc(Cl)cc2c1=O)c1cc(O)c(O)c(O)c1. The van der Waals surface area contributed by atoms with Crippen molar-refractivity contribution < 1.29 is 24.5 Å². The Morgan fingerprint density at radius 3 is 2.54 bits per heavy atom. The maximum Gasteiger partial charge on any atom is 0.271 e. The first-order valence-corrected chi connectivity index (χ1v) is 7.54. The molecule has 0 bridgehead atoms. The summed E-state index contributed by atoms with van der Waals surface area (Å²) >= 11 is 5.86. The van der Waals surface area contributed by atoms with Crippen LogP contribution in [0.1, 0.15) is 15.9 Å².